The summed E-state index contributed by atoms with van der Waals surface area (Å²) in [5.41, 5.74) is 7.65. The maximum atomic E-state index is 12.3. The fraction of sp³-hybridized carbons (Fsp3) is 0.389. The molecule has 0 bridgehead atoms. The third-order valence-corrected chi connectivity index (χ3v) is 5.18. The molecule has 1 aliphatic carbocycles. The molecule has 2 aromatic rings. The number of nitrogens with one attached hydrogen (secondary N) is 1. The number of nitrogens with zero attached hydrogens (tertiary/aromatic N) is 1. The van der Waals surface area contributed by atoms with Gasteiger partial charge in [0.25, 0.3) is 5.91 Å². The zero-order valence-corrected chi connectivity index (χ0v) is 14.3. The van der Waals surface area contributed by atoms with Crippen LogP contribution < -0.4 is 11.1 Å². The van der Waals surface area contributed by atoms with Gasteiger partial charge in [-0.1, -0.05) is 31.4 Å². The van der Waals surface area contributed by atoms with Crippen molar-refractivity contribution in [2.24, 2.45) is 5.73 Å². The van der Waals surface area contributed by atoms with Crippen molar-refractivity contribution < 1.29 is 9.59 Å². The van der Waals surface area contributed by atoms with E-state index in [0.29, 0.717) is 22.3 Å². The average molecular weight is 343 g/mol. The molecule has 0 radical (unpaired) electrons. The Balaban J connectivity index is 1.62. The van der Waals surface area contributed by atoms with E-state index < -0.39 is 5.91 Å². The van der Waals surface area contributed by atoms with Crippen LogP contribution in [0.1, 0.15) is 59.6 Å². The standard InChI is InChI=1S/C18H21N3O2S/c19-16(22)10-15-11-24-18(20-15)21-17(23)14-8-6-13(7-9-14)12-4-2-1-3-5-12/h6-9,11-12H,1-5,10H2,(H2,19,22)(H,20,21,23). The van der Waals surface area contributed by atoms with Gasteiger partial charge in [-0.15, -0.1) is 11.3 Å². The molecular weight excluding hydrogens is 322 g/mol. The average Bonchev–Trinajstić information content (AvgIpc) is 3.02. The summed E-state index contributed by atoms with van der Waals surface area (Å²) < 4.78 is 0. The smallest absolute Gasteiger partial charge is 0.257 e. The van der Waals surface area contributed by atoms with Gasteiger partial charge in [-0.05, 0) is 36.5 Å². The highest BCUT2D eigenvalue weighted by molar-refractivity contribution is 7.14. The first-order chi connectivity index (χ1) is 11.6. The molecule has 1 aromatic carbocycles. The molecule has 1 aromatic heterocycles. The molecule has 6 heteroatoms. The van der Waals surface area contributed by atoms with E-state index in [9.17, 15) is 9.59 Å². The second-order valence-electron chi connectivity index (χ2n) is 6.20. The van der Waals surface area contributed by atoms with Crippen LogP contribution >= 0.6 is 11.3 Å². The Bertz CT molecular complexity index is 718. The van der Waals surface area contributed by atoms with Gasteiger partial charge >= 0.3 is 0 Å². The third kappa shape index (κ3) is 4.20. The number of anilines is 1. The van der Waals surface area contributed by atoms with Gasteiger partial charge in [-0.25, -0.2) is 4.98 Å². The molecule has 0 atom stereocenters. The van der Waals surface area contributed by atoms with Gasteiger partial charge in [0.2, 0.25) is 5.91 Å². The lowest BCUT2D eigenvalue weighted by Gasteiger charge is -2.22. The zero-order chi connectivity index (χ0) is 16.9. The lowest BCUT2D eigenvalue weighted by atomic mass is 9.84. The second-order valence-corrected chi connectivity index (χ2v) is 7.06. The lowest BCUT2D eigenvalue weighted by molar-refractivity contribution is -0.117. The number of carbonyl (C=O) groups excluding carboxylic acids is 2. The summed E-state index contributed by atoms with van der Waals surface area (Å²) in [5, 5.41) is 4.98. The quantitative estimate of drug-likeness (QED) is 0.871. The van der Waals surface area contributed by atoms with Gasteiger partial charge in [0.05, 0.1) is 12.1 Å². The molecule has 0 aliphatic heterocycles. The molecule has 1 fully saturated rings. The number of nitrogens with two attached hydrogens (primary N) is 1. The fourth-order valence-electron chi connectivity index (χ4n) is 3.14. The highest BCUT2D eigenvalue weighted by Crippen LogP contribution is 2.32. The number of carbonyl (C=O) groups is 2. The number of benzene rings is 1. The monoisotopic (exact) mass is 343 g/mol. The summed E-state index contributed by atoms with van der Waals surface area (Å²) in [6, 6.07) is 7.87. The molecule has 2 amide bonds. The van der Waals surface area contributed by atoms with Crippen LogP contribution in [0, 0.1) is 0 Å². The van der Waals surface area contributed by atoms with Crippen molar-refractivity contribution in [2.75, 3.05) is 5.32 Å². The molecule has 3 rings (SSSR count). The van der Waals surface area contributed by atoms with E-state index in [1.54, 1.807) is 5.38 Å². The van der Waals surface area contributed by atoms with Gasteiger partial charge in [0.15, 0.2) is 5.13 Å². The van der Waals surface area contributed by atoms with Gasteiger partial charge in [-0.2, -0.15) is 0 Å². The van der Waals surface area contributed by atoms with Crippen molar-refractivity contribution in [2.45, 2.75) is 44.4 Å². The Labute approximate surface area is 145 Å². The topological polar surface area (TPSA) is 85.1 Å². The van der Waals surface area contributed by atoms with E-state index >= 15 is 0 Å². The molecule has 1 aliphatic rings. The first kappa shape index (κ1) is 16.6. The van der Waals surface area contributed by atoms with Crippen molar-refractivity contribution in [1.29, 1.82) is 0 Å². The van der Waals surface area contributed by atoms with Gasteiger partial charge < -0.3 is 5.73 Å². The zero-order valence-electron chi connectivity index (χ0n) is 13.5. The Morgan fingerprint density at radius 3 is 2.54 bits per heavy atom. The predicted octanol–water partition coefficient (Wildman–Crippen LogP) is 3.47. The summed E-state index contributed by atoms with van der Waals surface area (Å²) in [6.07, 6.45) is 6.50. The highest BCUT2D eigenvalue weighted by atomic mass is 32.1. The minimum absolute atomic E-state index is 0.0858. The summed E-state index contributed by atoms with van der Waals surface area (Å²) in [4.78, 5) is 27.4. The minimum Gasteiger partial charge on any atom is -0.369 e. The number of thiazole rings is 1. The summed E-state index contributed by atoms with van der Waals surface area (Å²) in [5.74, 6) is 0.00725. The molecule has 0 spiro atoms. The number of amides is 2. The van der Waals surface area contributed by atoms with E-state index in [4.69, 9.17) is 5.73 Å². The number of rotatable bonds is 5. The number of hydrogen-bond acceptors (Lipinski definition) is 4. The van der Waals surface area contributed by atoms with Gasteiger partial charge in [-0.3, -0.25) is 14.9 Å². The van der Waals surface area contributed by atoms with Gasteiger partial charge in [0.1, 0.15) is 0 Å². The molecule has 3 N–H and O–H groups in total. The van der Waals surface area contributed by atoms with Crippen molar-refractivity contribution in [1.82, 2.24) is 4.98 Å². The van der Waals surface area contributed by atoms with E-state index in [0.717, 1.165) is 0 Å². The third-order valence-electron chi connectivity index (χ3n) is 4.38. The predicted molar refractivity (Wildman–Crippen MR) is 95.2 cm³/mol. The largest absolute Gasteiger partial charge is 0.369 e. The normalized spacial score (nSPS) is 15.2. The molecule has 5 nitrogen and oxygen atoms in total. The van der Waals surface area contributed by atoms with Crippen LogP contribution in [-0.2, 0) is 11.2 Å². The number of hydrogen-bond donors (Lipinski definition) is 2. The number of aromatic nitrogens is 1. The van der Waals surface area contributed by atoms with Crippen molar-refractivity contribution in [3.05, 3.63) is 46.5 Å². The first-order valence-electron chi connectivity index (χ1n) is 8.26. The van der Waals surface area contributed by atoms with Gasteiger partial charge in [0, 0.05) is 10.9 Å². The molecule has 0 saturated heterocycles. The van der Waals surface area contributed by atoms with E-state index in [1.807, 2.05) is 12.1 Å². The van der Waals surface area contributed by atoms with Crippen LogP contribution in [0.5, 0.6) is 0 Å². The Hall–Kier alpha value is -2.21. The van der Waals surface area contributed by atoms with Crippen LogP contribution in [0.2, 0.25) is 0 Å². The molecule has 1 heterocycles. The molecule has 0 unspecified atom stereocenters. The molecule has 126 valence electrons. The van der Waals surface area contributed by atoms with Crippen LogP contribution in [0.15, 0.2) is 29.6 Å². The maximum absolute atomic E-state index is 12.3. The van der Waals surface area contributed by atoms with Crippen molar-refractivity contribution in [3.63, 3.8) is 0 Å². The van der Waals surface area contributed by atoms with Crippen LogP contribution in [-0.4, -0.2) is 16.8 Å². The number of primary amides is 1. The highest BCUT2D eigenvalue weighted by Gasteiger charge is 2.16. The summed E-state index contributed by atoms with van der Waals surface area (Å²) in [6.45, 7) is 0. The summed E-state index contributed by atoms with van der Waals surface area (Å²) >= 11 is 1.29. The van der Waals surface area contributed by atoms with Crippen molar-refractivity contribution in [3.8, 4) is 0 Å². The molecule has 1 saturated carbocycles. The van der Waals surface area contributed by atoms with E-state index in [2.05, 4.69) is 22.4 Å². The lowest BCUT2D eigenvalue weighted by Crippen LogP contribution is -2.14. The maximum Gasteiger partial charge on any atom is 0.257 e. The van der Waals surface area contributed by atoms with Crippen molar-refractivity contribution >= 4 is 28.3 Å². The van der Waals surface area contributed by atoms with Crippen LogP contribution in [0.25, 0.3) is 0 Å². The van der Waals surface area contributed by atoms with Crippen LogP contribution in [0.4, 0.5) is 5.13 Å². The van der Waals surface area contributed by atoms with E-state index in [-0.39, 0.29) is 12.3 Å². The molecule has 24 heavy (non-hydrogen) atoms. The van der Waals surface area contributed by atoms with Crippen LogP contribution in [0.3, 0.4) is 0 Å². The fourth-order valence-corrected chi connectivity index (χ4v) is 3.84. The summed E-state index contributed by atoms with van der Waals surface area (Å²) in [7, 11) is 0. The Morgan fingerprint density at radius 1 is 1.17 bits per heavy atom. The van der Waals surface area contributed by atoms with E-state index in [1.165, 1.54) is 49.0 Å². The Kier molecular flexibility index (Phi) is 5.25. The molecular formula is C18H21N3O2S. The minimum atomic E-state index is -0.434. The first-order valence-corrected chi connectivity index (χ1v) is 9.14. The SMILES string of the molecule is NC(=O)Cc1csc(NC(=O)c2ccc(C3CCCCC3)cc2)n1. The second kappa shape index (κ2) is 7.57. The Morgan fingerprint density at radius 2 is 1.88 bits per heavy atom.